The van der Waals surface area contributed by atoms with E-state index in [4.69, 9.17) is 19.3 Å². The minimum Gasteiger partial charge on any atom is -0.479 e. The van der Waals surface area contributed by atoms with Crippen LogP contribution in [0.25, 0.3) is 0 Å². The minimum absolute atomic E-state index is 0.0689. The van der Waals surface area contributed by atoms with E-state index in [1.807, 2.05) is 0 Å². The minimum atomic E-state index is -0.972. The van der Waals surface area contributed by atoms with Crippen LogP contribution in [0.3, 0.4) is 0 Å². The first-order valence-electron chi connectivity index (χ1n) is 3.85. The first-order chi connectivity index (χ1) is 5.77. The number of hydrogen-bond donors (Lipinski definition) is 1. The highest BCUT2D eigenvalue weighted by Gasteiger charge is 2.39. The summed E-state index contributed by atoms with van der Waals surface area (Å²) in [6.07, 6.45) is -1.09. The van der Waals surface area contributed by atoms with Gasteiger partial charge in [-0.25, -0.2) is 4.79 Å². The summed E-state index contributed by atoms with van der Waals surface area (Å²) < 4.78 is 15.5. The average Bonchev–Trinajstić information content (AvgIpc) is 2.49. The molecule has 0 aromatic rings. The molecule has 0 saturated carbocycles. The molecule has 5 nitrogen and oxygen atoms in total. The smallest absolute Gasteiger partial charge is 0.335 e. The van der Waals surface area contributed by atoms with E-state index >= 15 is 0 Å². The van der Waals surface area contributed by atoms with Crippen molar-refractivity contribution in [1.82, 2.24) is 0 Å². The van der Waals surface area contributed by atoms with Gasteiger partial charge in [-0.1, -0.05) is 0 Å². The molecule has 0 bridgehead atoms. The number of carboxylic acid groups (broad SMARTS) is 1. The summed E-state index contributed by atoms with van der Waals surface area (Å²) in [5.74, 6) is -0.972. The van der Waals surface area contributed by atoms with E-state index in [0.29, 0.717) is 13.2 Å². The van der Waals surface area contributed by atoms with Crippen LogP contribution in [0.1, 0.15) is 0 Å². The summed E-state index contributed by atoms with van der Waals surface area (Å²) in [5.41, 5.74) is 0. The molecule has 2 fully saturated rings. The molecule has 0 aromatic heterocycles. The topological polar surface area (TPSA) is 65.0 Å². The highest BCUT2D eigenvalue weighted by Crippen LogP contribution is 2.20. The van der Waals surface area contributed by atoms with Crippen molar-refractivity contribution in [2.75, 3.05) is 19.8 Å². The molecule has 0 aliphatic carbocycles. The van der Waals surface area contributed by atoms with Gasteiger partial charge in [0.1, 0.15) is 12.2 Å². The van der Waals surface area contributed by atoms with Crippen molar-refractivity contribution in [2.24, 2.45) is 0 Å². The Morgan fingerprint density at radius 2 is 2.00 bits per heavy atom. The summed E-state index contributed by atoms with van der Waals surface area (Å²) in [7, 11) is 0. The lowest BCUT2D eigenvalue weighted by molar-refractivity contribution is -0.187. The first kappa shape index (κ1) is 7.97. The van der Waals surface area contributed by atoms with E-state index < -0.39 is 12.1 Å². The molecule has 2 saturated heterocycles. The summed E-state index contributed by atoms with van der Waals surface area (Å²) in [6, 6.07) is 0. The Labute approximate surface area is 69.2 Å². The maximum Gasteiger partial charge on any atom is 0.335 e. The largest absolute Gasteiger partial charge is 0.479 e. The highest BCUT2D eigenvalue weighted by atomic mass is 16.6. The fourth-order valence-electron chi connectivity index (χ4n) is 1.39. The molecule has 12 heavy (non-hydrogen) atoms. The van der Waals surface area contributed by atoms with Crippen molar-refractivity contribution in [2.45, 2.75) is 18.3 Å². The number of aliphatic carboxylic acids is 1. The maximum absolute atomic E-state index is 10.5. The summed E-state index contributed by atoms with van der Waals surface area (Å²) >= 11 is 0. The zero-order valence-corrected chi connectivity index (χ0v) is 6.43. The first-order valence-corrected chi connectivity index (χ1v) is 3.85. The zero-order valence-electron chi connectivity index (χ0n) is 6.43. The Bertz CT molecular complexity index is 192. The fourth-order valence-corrected chi connectivity index (χ4v) is 1.39. The Morgan fingerprint density at radius 1 is 1.25 bits per heavy atom. The SMILES string of the molecule is O=C(O)C1COC2COCC2O1. The predicted octanol–water partition coefficient (Wildman–Crippen LogP) is -0.746. The van der Waals surface area contributed by atoms with Crippen LogP contribution in [0.5, 0.6) is 0 Å². The van der Waals surface area contributed by atoms with Gasteiger partial charge in [0.2, 0.25) is 0 Å². The Morgan fingerprint density at radius 3 is 2.75 bits per heavy atom. The molecule has 3 atom stereocenters. The number of ether oxygens (including phenoxy) is 3. The van der Waals surface area contributed by atoms with Crippen LogP contribution >= 0.6 is 0 Å². The molecule has 2 rings (SSSR count). The van der Waals surface area contributed by atoms with Crippen LogP contribution in [-0.4, -0.2) is 49.2 Å². The Balaban J connectivity index is 1.96. The normalized spacial score (nSPS) is 40.8. The van der Waals surface area contributed by atoms with E-state index in [-0.39, 0.29) is 18.8 Å². The summed E-state index contributed by atoms with van der Waals surface area (Å²) in [6.45, 7) is 1.07. The van der Waals surface area contributed by atoms with Crippen molar-refractivity contribution in [3.05, 3.63) is 0 Å². The molecule has 0 radical (unpaired) electrons. The molecular weight excluding hydrogens is 164 g/mol. The number of carboxylic acids is 1. The molecule has 3 unspecified atom stereocenters. The van der Waals surface area contributed by atoms with Gasteiger partial charge in [0.15, 0.2) is 6.10 Å². The van der Waals surface area contributed by atoms with Crippen LogP contribution in [0.2, 0.25) is 0 Å². The van der Waals surface area contributed by atoms with E-state index in [1.165, 1.54) is 0 Å². The van der Waals surface area contributed by atoms with Crippen molar-refractivity contribution in [3.63, 3.8) is 0 Å². The molecule has 2 aliphatic rings. The van der Waals surface area contributed by atoms with E-state index in [1.54, 1.807) is 0 Å². The van der Waals surface area contributed by atoms with E-state index in [9.17, 15) is 4.79 Å². The second-order valence-corrected chi connectivity index (χ2v) is 2.91. The fraction of sp³-hybridized carbons (Fsp3) is 0.857. The third-order valence-corrected chi connectivity index (χ3v) is 2.06. The summed E-state index contributed by atoms with van der Waals surface area (Å²) in [5, 5.41) is 8.61. The van der Waals surface area contributed by atoms with Gasteiger partial charge in [-0.15, -0.1) is 0 Å². The van der Waals surface area contributed by atoms with Gasteiger partial charge in [0.25, 0.3) is 0 Å². The molecule has 2 heterocycles. The lowest BCUT2D eigenvalue weighted by Crippen LogP contribution is -2.45. The number of carbonyl (C=O) groups is 1. The average molecular weight is 174 g/mol. The maximum atomic E-state index is 10.5. The molecule has 68 valence electrons. The summed E-state index contributed by atoms with van der Waals surface area (Å²) in [4.78, 5) is 10.5. The van der Waals surface area contributed by atoms with Gasteiger partial charge in [-0.05, 0) is 0 Å². The van der Waals surface area contributed by atoms with Gasteiger partial charge in [0.05, 0.1) is 19.8 Å². The van der Waals surface area contributed by atoms with Gasteiger partial charge >= 0.3 is 5.97 Å². The second-order valence-electron chi connectivity index (χ2n) is 2.91. The predicted molar refractivity (Wildman–Crippen MR) is 36.9 cm³/mol. The lowest BCUT2D eigenvalue weighted by atomic mass is 10.2. The van der Waals surface area contributed by atoms with Gasteiger partial charge in [-0.2, -0.15) is 0 Å². The van der Waals surface area contributed by atoms with Crippen molar-refractivity contribution >= 4 is 5.97 Å². The van der Waals surface area contributed by atoms with Gasteiger partial charge in [0, 0.05) is 0 Å². The second kappa shape index (κ2) is 3.01. The van der Waals surface area contributed by atoms with Crippen LogP contribution in [-0.2, 0) is 19.0 Å². The van der Waals surface area contributed by atoms with Crippen molar-refractivity contribution < 1.29 is 24.1 Å². The standard InChI is InChI=1S/C7H10O5/c8-7(9)6-3-11-4-1-10-2-5(4)12-6/h4-6H,1-3H2,(H,8,9). The molecule has 0 aromatic carbocycles. The quantitative estimate of drug-likeness (QED) is 0.566. The molecular formula is C7H10O5. The van der Waals surface area contributed by atoms with Gasteiger partial charge < -0.3 is 19.3 Å². The molecule has 0 amide bonds. The zero-order chi connectivity index (χ0) is 8.55. The molecule has 0 spiro atoms. The Hall–Kier alpha value is -0.650. The Kier molecular flexibility index (Phi) is 2.00. The van der Waals surface area contributed by atoms with Crippen molar-refractivity contribution in [1.29, 1.82) is 0 Å². The lowest BCUT2D eigenvalue weighted by Gasteiger charge is -2.28. The van der Waals surface area contributed by atoms with Crippen LogP contribution in [0.4, 0.5) is 0 Å². The monoisotopic (exact) mass is 174 g/mol. The van der Waals surface area contributed by atoms with Crippen molar-refractivity contribution in [3.8, 4) is 0 Å². The molecule has 1 N–H and O–H groups in total. The highest BCUT2D eigenvalue weighted by molar-refractivity contribution is 5.72. The van der Waals surface area contributed by atoms with E-state index in [2.05, 4.69) is 0 Å². The third-order valence-electron chi connectivity index (χ3n) is 2.06. The number of rotatable bonds is 1. The number of hydrogen-bond acceptors (Lipinski definition) is 4. The number of fused-ring (bicyclic) bond motifs is 1. The third kappa shape index (κ3) is 1.31. The molecule has 2 aliphatic heterocycles. The van der Waals surface area contributed by atoms with Crippen LogP contribution < -0.4 is 0 Å². The van der Waals surface area contributed by atoms with Crippen LogP contribution in [0, 0.1) is 0 Å². The van der Waals surface area contributed by atoms with Gasteiger partial charge in [-0.3, -0.25) is 0 Å². The van der Waals surface area contributed by atoms with Crippen LogP contribution in [0.15, 0.2) is 0 Å². The van der Waals surface area contributed by atoms with E-state index in [0.717, 1.165) is 0 Å². The molecule has 5 heteroatoms.